The minimum atomic E-state index is -4.05. The number of esters is 1. The van der Waals surface area contributed by atoms with Crippen molar-refractivity contribution < 1.29 is 27.5 Å². The molecule has 1 N–H and O–H groups in total. The number of carbonyl (C=O) groups is 2. The van der Waals surface area contributed by atoms with Gasteiger partial charge in [0.15, 0.2) is 0 Å². The zero-order chi connectivity index (χ0) is 25.4. The second kappa shape index (κ2) is 11.5. The monoisotopic (exact) mass is 496 g/mol. The predicted molar refractivity (Wildman–Crippen MR) is 134 cm³/mol. The maximum atomic E-state index is 13.5. The average molecular weight is 497 g/mol. The first kappa shape index (κ1) is 25.8. The number of sulfonamides is 1. The fourth-order valence-electron chi connectivity index (χ4n) is 3.33. The van der Waals surface area contributed by atoms with Gasteiger partial charge in [0, 0.05) is 5.69 Å². The van der Waals surface area contributed by atoms with Crippen molar-refractivity contribution in [2.24, 2.45) is 0 Å². The zero-order valence-corrected chi connectivity index (χ0v) is 20.7. The summed E-state index contributed by atoms with van der Waals surface area (Å²) in [4.78, 5) is 25.2. The van der Waals surface area contributed by atoms with Crippen LogP contribution in [0.2, 0.25) is 0 Å². The molecule has 0 aliphatic rings. The van der Waals surface area contributed by atoms with E-state index in [9.17, 15) is 18.0 Å². The van der Waals surface area contributed by atoms with Crippen LogP contribution in [0.25, 0.3) is 0 Å². The number of aryl methyl sites for hydroxylation is 1. The van der Waals surface area contributed by atoms with Crippen LogP contribution in [0.1, 0.15) is 29.8 Å². The third kappa shape index (κ3) is 6.39. The summed E-state index contributed by atoms with van der Waals surface area (Å²) in [5, 5.41) is 2.73. The Labute approximate surface area is 205 Å². The van der Waals surface area contributed by atoms with E-state index >= 15 is 0 Å². The van der Waals surface area contributed by atoms with Crippen molar-refractivity contribution in [1.29, 1.82) is 0 Å². The van der Waals surface area contributed by atoms with Gasteiger partial charge in [-0.25, -0.2) is 13.2 Å². The Balaban J connectivity index is 1.91. The zero-order valence-electron chi connectivity index (χ0n) is 19.9. The number of ether oxygens (including phenoxy) is 2. The summed E-state index contributed by atoms with van der Waals surface area (Å²) in [6, 6.07) is 19.2. The minimum absolute atomic E-state index is 0.0576. The number of nitrogens with one attached hydrogen (secondary N) is 1. The number of amides is 1. The molecular weight excluding hydrogens is 468 g/mol. The van der Waals surface area contributed by atoms with E-state index in [-0.39, 0.29) is 17.1 Å². The van der Waals surface area contributed by atoms with Gasteiger partial charge in [-0.05, 0) is 74.9 Å². The maximum Gasteiger partial charge on any atom is 0.338 e. The first-order valence-electron chi connectivity index (χ1n) is 11.1. The van der Waals surface area contributed by atoms with Gasteiger partial charge < -0.3 is 14.8 Å². The van der Waals surface area contributed by atoms with Crippen LogP contribution in [0.4, 0.5) is 11.4 Å². The van der Waals surface area contributed by atoms with E-state index in [4.69, 9.17) is 9.47 Å². The molecular formula is C26H28N2O6S. The summed E-state index contributed by atoms with van der Waals surface area (Å²) < 4.78 is 38.4. The number of hydrogen-bond donors (Lipinski definition) is 1. The number of rotatable bonds is 10. The van der Waals surface area contributed by atoms with Crippen LogP contribution in [0.5, 0.6) is 5.75 Å². The summed E-state index contributed by atoms with van der Waals surface area (Å²) in [7, 11) is -4.05. The molecule has 0 spiro atoms. The van der Waals surface area contributed by atoms with Crippen molar-refractivity contribution in [2.75, 3.05) is 29.4 Å². The molecule has 0 unspecified atom stereocenters. The Hall–Kier alpha value is -3.85. The lowest BCUT2D eigenvalue weighted by Gasteiger charge is -2.24. The molecule has 184 valence electrons. The van der Waals surface area contributed by atoms with Crippen LogP contribution in [0.15, 0.2) is 77.7 Å². The van der Waals surface area contributed by atoms with Crippen molar-refractivity contribution >= 4 is 33.3 Å². The quantitative estimate of drug-likeness (QED) is 0.417. The molecule has 0 atom stereocenters. The van der Waals surface area contributed by atoms with E-state index in [1.165, 1.54) is 18.2 Å². The molecule has 0 radical (unpaired) electrons. The number of carbonyl (C=O) groups excluding carboxylic acids is 2. The second-order valence-electron chi connectivity index (χ2n) is 7.55. The second-order valence-corrected chi connectivity index (χ2v) is 9.41. The van der Waals surface area contributed by atoms with Crippen LogP contribution in [-0.2, 0) is 19.6 Å². The van der Waals surface area contributed by atoms with Gasteiger partial charge in [0.05, 0.1) is 29.4 Å². The first-order chi connectivity index (χ1) is 16.8. The summed E-state index contributed by atoms with van der Waals surface area (Å²) in [6.07, 6.45) is 0. The fraction of sp³-hybridized carbons (Fsp3) is 0.231. The van der Waals surface area contributed by atoms with E-state index in [1.807, 2.05) is 6.92 Å². The summed E-state index contributed by atoms with van der Waals surface area (Å²) in [5.41, 5.74) is 1.70. The van der Waals surface area contributed by atoms with Gasteiger partial charge in [0.25, 0.3) is 10.0 Å². The third-order valence-corrected chi connectivity index (χ3v) is 6.86. The maximum absolute atomic E-state index is 13.5. The van der Waals surface area contributed by atoms with Gasteiger partial charge in [-0.15, -0.1) is 0 Å². The van der Waals surface area contributed by atoms with Crippen LogP contribution >= 0.6 is 0 Å². The van der Waals surface area contributed by atoms with Gasteiger partial charge in [-0.2, -0.15) is 0 Å². The van der Waals surface area contributed by atoms with Crippen LogP contribution in [0.3, 0.4) is 0 Å². The molecule has 35 heavy (non-hydrogen) atoms. The molecule has 0 aliphatic carbocycles. The molecule has 3 aromatic carbocycles. The average Bonchev–Trinajstić information content (AvgIpc) is 2.85. The molecule has 0 saturated heterocycles. The lowest BCUT2D eigenvalue weighted by atomic mass is 10.1. The molecule has 0 heterocycles. The molecule has 0 saturated carbocycles. The highest BCUT2D eigenvalue weighted by Gasteiger charge is 2.27. The van der Waals surface area contributed by atoms with E-state index in [2.05, 4.69) is 5.32 Å². The third-order valence-electron chi connectivity index (χ3n) is 5.08. The van der Waals surface area contributed by atoms with Crippen LogP contribution in [0, 0.1) is 6.92 Å². The molecule has 3 rings (SSSR count). The highest BCUT2D eigenvalue weighted by molar-refractivity contribution is 7.92. The molecule has 0 aliphatic heterocycles. The van der Waals surface area contributed by atoms with Gasteiger partial charge in [-0.3, -0.25) is 9.10 Å². The lowest BCUT2D eigenvalue weighted by Crippen LogP contribution is -2.38. The van der Waals surface area contributed by atoms with Gasteiger partial charge >= 0.3 is 5.97 Å². The summed E-state index contributed by atoms with van der Waals surface area (Å²) >= 11 is 0. The summed E-state index contributed by atoms with van der Waals surface area (Å²) in [6.45, 7) is 5.55. The number of nitrogens with zero attached hydrogens (tertiary/aromatic N) is 1. The Bertz CT molecular complexity index is 1270. The Morgan fingerprint density at radius 3 is 2.23 bits per heavy atom. The molecule has 0 aromatic heterocycles. The van der Waals surface area contributed by atoms with Crippen molar-refractivity contribution in [3.05, 3.63) is 83.9 Å². The molecule has 0 bridgehead atoms. The first-order valence-corrected chi connectivity index (χ1v) is 12.6. The van der Waals surface area contributed by atoms with Crippen molar-refractivity contribution in [3.63, 3.8) is 0 Å². The Morgan fingerprint density at radius 1 is 0.914 bits per heavy atom. The SMILES string of the molecule is CCOC(=O)c1ccc(C)c(NC(=O)CN(c2ccc(OCC)cc2)S(=O)(=O)c2ccccc2)c1. The van der Waals surface area contributed by atoms with Crippen molar-refractivity contribution in [2.45, 2.75) is 25.7 Å². The highest BCUT2D eigenvalue weighted by atomic mass is 32.2. The molecule has 8 nitrogen and oxygen atoms in total. The van der Waals surface area contributed by atoms with Gasteiger partial charge in [0.1, 0.15) is 12.3 Å². The van der Waals surface area contributed by atoms with E-state index in [0.717, 1.165) is 4.31 Å². The van der Waals surface area contributed by atoms with Crippen molar-refractivity contribution in [3.8, 4) is 5.75 Å². The molecule has 9 heteroatoms. The molecule has 0 fully saturated rings. The van der Waals surface area contributed by atoms with E-state index in [1.54, 1.807) is 68.4 Å². The Kier molecular flexibility index (Phi) is 8.48. The standard InChI is InChI=1S/C26H28N2O6S/c1-4-33-22-15-13-21(14-16-22)28(35(31,32)23-9-7-6-8-10-23)18-25(29)27-24-17-20(12-11-19(24)3)26(30)34-5-2/h6-17H,4-5,18H2,1-3H3,(H,27,29). The van der Waals surface area contributed by atoms with E-state index < -0.39 is 28.4 Å². The topological polar surface area (TPSA) is 102 Å². The number of anilines is 2. The normalized spacial score (nSPS) is 10.9. The molecule has 3 aromatic rings. The summed E-state index contributed by atoms with van der Waals surface area (Å²) in [5.74, 6) is -0.489. The fourth-order valence-corrected chi connectivity index (χ4v) is 4.77. The number of hydrogen-bond acceptors (Lipinski definition) is 6. The van der Waals surface area contributed by atoms with E-state index in [0.29, 0.717) is 29.3 Å². The molecule has 1 amide bonds. The van der Waals surface area contributed by atoms with Gasteiger partial charge in [-0.1, -0.05) is 24.3 Å². The van der Waals surface area contributed by atoms with Gasteiger partial charge in [0.2, 0.25) is 5.91 Å². The lowest BCUT2D eigenvalue weighted by molar-refractivity contribution is -0.114. The van der Waals surface area contributed by atoms with Crippen molar-refractivity contribution in [1.82, 2.24) is 0 Å². The highest BCUT2D eigenvalue weighted by Crippen LogP contribution is 2.26. The minimum Gasteiger partial charge on any atom is -0.494 e. The van der Waals surface area contributed by atoms with Crippen LogP contribution < -0.4 is 14.4 Å². The number of benzene rings is 3. The smallest absolute Gasteiger partial charge is 0.338 e. The predicted octanol–water partition coefficient (Wildman–Crippen LogP) is 4.40. The Morgan fingerprint density at radius 2 is 1.60 bits per heavy atom. The van der Waals surface area contributed by atoms with Crippen LogP contribution in [-0.4, -0.2) is 40.1 Å². The largest absolute Gasteiger partial charge is 0.494 e.